The van der Waals surface area contributed by atoms with Gasteiger partial charge < -0.3 is 10.2 Å². The molecule has 1 unspecified atom stereocenters. The normalized spacial score (nSPS) is 11.9. The molecule has 2 amide bonds. The SMILES string of the molecule is CCCCNC(=O)C(Cc1ccccc1)N(Cc1ccc(Br)cc1)C(=O)CN(c1cccc(Cl)c1)S(=O)(=O)c1ccc(Cl)cc1. The predicted octanol–water partition coefficient (Wildman–Crippen LogP) is 7.51. The molecule has 11 heteroatoms. The van der Waals surface area contributed by atoms with Crippen molar-refractivity contribution in [3.05, 3.63) is 129 Å². The number of hydrogen-bond donors (Lipinski definition) is 1. The molecular formula is C34H34BrCl2N3O4S. The van der Waals surface area contributed by atoms with Crippen LogP contribution in [0.25, 0.3) is 0 Å². The lowest BCUT2D eigenvalue weighted by atomic mass is 10.0. The van der Waals surface area contributed by atoms with Crippen molar-refractivity contribution in [2.45, 2.75) is 43.7 Å². The smallest absolute Gasteiger partial charge is 0.264 e. The molecule has 45 heavy (non-hydrogen) atoms. The van der Waals surface area contributed by atoms with E-state index in [0.717, 1.165) is 32.7 Å². The van der Waals surface area contributed by atoms with Crippen molar-refractivity contribution in [2.75, 3.05) is 17.4 Å². The maximum atomic E-state index is 14.5. The molecule has 0 radical (unpaired) electrons. The summed E-state index contributed by atoms with van der Waals surface area (Å²) in [5, 5.41) is 3.66. The Hall–Kier alpha value is -3.37. The van der Waals surface area contributed by atoms with Gasteiger partial charge in [-0.15, -0.1) is 0 Å². The molecule has 0 saturated carbocycles. The summed E-state index contributed by atoms with van der Waals surface area (Å²) in [5.41, 5.74) is 1.85. The molecule has 4 aromatic carbocycles. The standard InChI is InChI=1S/C34H34BrCl2N3O4S/c1-2-3-20-38-34(42)32(21-25-8-5-4-6-9-25)39(23-26-12-14-27(35)15-13-26)33(41)24-40(30-11-7-10-29(37)22-30)45(43,44)31-18-16-28(36)17-19-31/h4-19,22,32H,2-3,20-21,23-24H2,1H3,(H,38,42). The zero-order chi connectivity index (χ0) is 32.4. The van der Waals surface area contributed by atoms with Gasteiger partial charge >= 0.3 is 0 Å². The number of rotatable bonds is 14. The third-order valence-electron chi connectivity index (χ3n) is 7.14. The number of sulfonamides is 1. The lowest BCUT2D eigenvalue weighted by Crippen LogP contribution is -2.53. The van der Waals surface area contributed by atoms with Crippen molar-refractivity contribution in [2.24, 2.45) is 0 Å². The monoisotopic (exact) mass is 729 g/mol. The van der Waals surface area contributed by atoms with Crippen molar-refractivity contribution >= 4 is 66.7 Å². The van der Waals surface area contributed by atoms with Gasteiger partial charge in [0, 0.05) is 34.0 Å². The topological polar surface area (TPSA) is 86.8 Å². The molecule has 0 aromatic heterocycles. The molecule has 1 atom stereocenters. The average molecular weight is 732 g/mol. The van der Waals surface area contributed by atoms with Crippen LogP contribution in [0, 0.1) is 0 Å². The fourth-order valence-corrected chi connectivity index (χ4v) is 6.72. The molecule has 0 aliphatic heterocycles. The third-order valence-corrected chi connectivity index (χ3v) is 9.95. The zero-order valence-corrected chi connectivity index (χ0v) is 28.6. The van der Waals surface area contributed by atoms with E-state index in [-0.39, 0.29) is 29.5 Å². The summed E-state index contributed by atoms with van der Waals surface area (Å²) in [6.45, 7) is 1.99. The van der Waals surface area contributed by atoms with E-state index in [1.807, 2.05) is 61.5 Å². The number of nitrogens with one attached hydrogen (secondary N) is 1. The number of amides is 2. The van der Waals surface area contributed by atoms with Crippen molar-refractivity contribution in [3.63, 3.8) is 0 Å². The van der Waals surface area contributed by atoms with Crippen LogP contribution in [0.4, 0.5) is 5.69 Å². The first-order valence-corrected chi connectivity index (χ1v) is 17.5. The number of carbonyl (C=O) groups is 2. The average Bonchev–Trinajstić information content (AvgIpc) is 3.03. The molecule has 4 rings (SSSR count). The molecule has 1 N–H and O–H groups in total. The second-order valence-corrected chi connectivity index (χ2v) is 14.1. The minimum Gasteiger partial charge on any atom is -0.354 e. The first-order chi connectivity index (χ1) is 21.6. The molecular weight excluding hydrogens is 697 g/mol. The van der Waals surface area contributed by atoms with Crippen LogP contribution in [0.1, 0.15) is 30.9 Å². The van der Waals surface area contributed by atoms with E-state index in [9.17, 15) is 18.0 Å². The van der Waals surface area contributed by atoms with Gasteiger partial charge in [0.15, 0.2) is 0 Å². The lowest BCUT2D eigenvalue weighted by Gasteiger charge is -2.34. The van der Waals surface area contributed by atoms with E-state index in [1.165, 1.54) is 35.2 Å². The van der Waals surface area contributed by atoms with E-state index in [1.54, 1.807) is 18.2 Å². The Balaban J connectivity index is 1.78. The van der Waals surface area contributed by atoms with Gasteiger partial charge in [0.1, 0.15) is 12.6 Å². The molecule has 236 valence electrons. The number of carbonyl (C=O) groups excluding carboxylic acids is 2. The minimum atomic E-state index is -4.26. The fourth-order valence-electron chi connectivity index (χ4n) is 4.74. The number of unbranched alkanes of at least 4 members (excludes halogenated alkanes) is 1. The van der Waals surface area contributed by atoms with Crippen molar-refractivity contribution < 1.29 is 18.0 Å². The van der Waals surface area contributed by atoms with Gasteiger partial charge in [-0.1, -0.05) is 101 Å². The molecule has 0 fully saturated rings. The summed E-state index contributed by atoms with van der Waals surface area (Å²) in [6, 6.07) is 28.0. The van der Waals surface area contributed by atoms with Gasteiger partial charge in [-0.2, -0.15) is 0 Å². The number of hydrogen-bond acceptors (Lipinski definition) is 4. The number of nitrogens with zero attached hydrogens (tertiary/aromatic N) is 2. The van der Waals surface area contributed by atoms with E-state index in [2.05, 4.69) is 21.2 Å². The first kappa shape index (κ1) is 34.5. The van der Waals surface area contributed by atoms with Crippen LogP contribution in [0.2, 0.25) is 10.0 Å². The highest BCUT2D eigenvalue weighted by Crippen LogP contribution is 2.28. The van der Waals surface area contributed by atoms with Crippen LogP contribution in [0.15, 0.2) is 112 Å². The summed E-state index contributed by atoms with van der Waals surface area (Å²) >= 11 is 15.8. The summed E-state index contributed by atoms with van der Waals surface area (Å²) in [6.07, 6.45) is 1.91. The van der Waals surface area contributed by atoms with Gasteiger partial charge in [0.05, 0.1) is 10.6 Å². The van der Waals surface area contributed by atoms with Gasteiger partial charge in [-0.25, -0.2) is 8.42 Å². The van der Waals surface area contributed by atoms with Crippen LogP contribution in [-0.2, 0) is 32.6 Å². The first-order valence-electron chi connectivity index (χ1n) is 14.5. The molecule has 7 nitrogen and oxygen atoms in total. The lowest BCUT2D eigenvalue weighted by molar-refractivity contribution is -0.140. The quantitative estimate of drug-likeness (QED) is 0.136. The van der Waals surface area contributed by atoms with Crippen LogP contribution in [0.5, 0.6) is 0 Å². The molecule has 0 bridgehead atoms. The van der Waals surface area contributed by atoms with E-state index in [0.29, 0.717) is 16.6 Å². The molecule has 0 spiro atoms. The molecule has 0 aliphatic carbocycles. The third kappa shape index (κ3) is 9.56. The summed E-state index contributed by atoms with van der Waals surface area (Å²) in [4.78, 5) is 29.7. The Labute approximate surface area is 283 Å². The maximum absolute atomic E-state index is 14.5. The molecule has 4 aromatic rings. The Bertz CT molecular complexity index is 1690. The maximum Gasteiger partial charge on any atom is 0.264 e. The minimum absolute atomic E-state index is 0.0442. The van der Waals surface area contributed by atoms with Gasteiger partial charge in [0.25, 0.3) is 10.0 Å². The molecule has 0 heterocycles. The fraction of sp³-hybridized carbons (Fsp3) is 0.235. The van der Waals surface area contributed by atoms with Crippen molar-refractivity contribution in [3.8, 4) is 0 Å². The highest BCUT2D eigenvalue weighted by molar-refractivity contribution is 9.10. The Kier molecular flexibility index (Phi) is 12.5. The van der Waals surface area contributed by atoms with Crippen LogP contribution in [0.3, 0.4) is 0 Å². The molecule has 0 aliphatic rings. The van der Waals surface area contributed by atoms with Crippen LogP contribution >= 0.6 is 39.1 Å². The molecule has 0 saturated heterocycles. The second kappa shape index (κ2) is 16.3. The summed E-state index contributed by atoms with van der Waals surface area (Å²) < 4.78 is 30.0. The number of benzene rings is 4. The van der Waals surface area contributed by atoms with Crippen molar-refractivity contribution in [1.82, 2.24) is 10.2 Å². The van der Waals surface area contributed by atoms with Gasteiger partial charge in [-0.05, 0) is 72.1 Å². The van der Waals surface area contributed by atoms with Crippen molar-refractivity contribution in [1.29, 1.82) is 0 Å². The van der Waals surface area contributed by atoms with Gasteiger partial charge in [-0.3, -0.25) is 13.9 Å². The van der Waals surface area contributed by atoms with Gasteiger partial charge in [0.2, 0.25) is 11.8 Å². The Morgan fingerprint density at radius 3 is 2.18 bits per heavy atom. The highest BCUT2D eigenvalue weighted by atomic mass is 79.9. The predicted molar refractivity (Wildman–Crippen MR) is 184 cm³/mol. The van der Waals surface area contributed by atoms with Crippen LogP contribution < -0.4 is 9.62 Å². The van der Waals surface area contributed by atoms with E-state index >= 15 is 0 Å². The summed E-state index contributed by atoms with van der Waals surface area (Å²) in [7, 11) is -4.26. The largest absolute Gasteiger partial charge is 0.354 e. The summed E-state index contributed by atoms with van der Waals surface area (Å²) in [5.74, 6) is -0.866. The number of halogens is 3. The van der Waals surface area contributed by atoms with Crippen LogP contribution in [-0.4, -0.2) is 44.3 Å². The Morgan fingerprint density at radius 2 is 1.53 bits per heavy atom. The highest BCUT2D eigenvalue weighted by Gasteiger charge is 2.34. The van der Waals surface area contributed by atoms with E-state index in [4.69, 9.17) is 23.2 Å². The number of anilines is 1. The second-order valence-electron chi connectivity index (χ2n) is 10.4. The zero-order valence-electron chi connectivity index (χ0n) is 24.7. The van der Waals surface area contributed by atoms with E-state index < -0.39 is 28.5 Å². The Morgan fingerprint density at radius 1 is 0.844 bits per heavy atom.